The van der Waals surface area contributed by atoms with Gasteiger partial charge in [-0.05, 0) is 58.0 Å². The number of rotatable bonds is 4. The van der Waals surface area contributed by atoms with Crippen LogP contribution in [-0.4, -0.2) is 36.1 Å². The quantitative estimate of drug-likeness (QED) is 0.580. The van der Waals surface area contributed by atoms with E-state index in [2.05, 4.69) is 11.8 Å². The van der Waals surface area contributed by atoms with Gasteiger partial charge in [0.15, 0.2) is 0 Å². The van der Waals surface area contributed by atoms with Crippen molar-refractivity contribution in [2.45, 2.75) is 77.2 Å². The van der Waals surface area contributed by atoms with E-state index in [1.54, 1.807) is 0 Å². The van der Waals surface area contributed by atoms with Crippen LogP contribution in [0.2, 0.25) is 0 Å². The molecule has 2 atom stereocenters. The van der Waals surface area contributed by atoms with Gasteiger partial charge in [-0.1, -0.05) is 26.2 Å². The number of ether oxygens (including phenoxy) is 1. The maximum atomic E-state index is 12.1. The average Bonchev–Trinajstić information content (AvgIpc) is 2.63. The number of carbonyl (C=O) groups is 1. The van der Waals surface area contributed by atoms with Gasteiger partial charge in [-0.2, -0.15) is 0 Å². The fraction of sp³-hybridized carbons (Fsp3) is 0.941. The van der Waals surface area contributed by atoms with Gasteiger partial charge in [0.2, 0.25) is 0 Å². The van der Waals surface area contributed by atoms with E-state index in [-0.39, 0.29) is 11.5 Å². The number of hydrogen-bond acceptors (Lipinski definition) is 3. The Labute approximate surface area is 124 Å². The molecule has 0 aromatic carbocycles. The molecule has 0 N–H and O–H groups in total. The van der Waals surface area contributed by atoms with Crippen molar-refractivity contribution in [3.05, 3.63) is 0 Å². The summed E-state index contributed by atoms with van der Waals surface area (Å²) >= 11 is 0. The zero-order valence-corrected chi connectivity index (χ0v) is 13.3. The molecule has 1 heterocycles. The van der Waals surface area contributed by atoms with Crippen LogP contribution in [0.4, 0.5) is 0 Å². The highest BCUT2D eigenvalue weighted by Gasteiger charge is 2.40. The fourth-order valence-electron chi connectivity index (χ4n) is 4.02. The third kappa shape index (κ3) is 3.97. The second-order valence-electron chi connectivity index (χ2n) is 6.79. The fourth-order valence-corrected chi connectivity index (χ4v) is 4.02. The monoisotopic (exact) mass is 281 g/mol. The summed E-state index contributed by atoms with van der Waals surface area (Å²) < 4.78 is 5.26. The van der Waals surface area contributed by atoms with Crippen LogP contribution in [0.15, 0.2) is 0 Å². The second kappa shape index (κ2) is 7.44. The summed E-state index contributed by atoms with van der Waals surface area (Å²) in [5.74, 6) is 0.816. The predicted octanol–water partition coefficient (Wildman–Crippen LogP) is 3.76. The molecular formula is C17H31NO2. The van der Waals surface area contributed by atoms with Crippen molar-refractivity contribution in [1.29, 1.82) is 0 Å². The van der Waals surface area contributed by atoms with E-state index in [1.165, 1.54) is 64.5 Å². The van der Waals surface area contributed by atoms with E-state index < -0.39 is 0 Å². The molecule has 116 valence electrons. The molecule has 0 aromatic rings. The molecule has 2 fully saturated rings. The van der Waals surface area contributed by atoms with E-state index in [4.69, 9.17) is 4.74 Å². The summed E-state index contributed by atoms with van der Waals surface area (Å²) in [7, 11) is 0. The van der Waals surface area contributed by atoms with E-state index >= 15 is 0 Å². The van der Waals surface area contributed by atoms with Crippen molar-refractivity contribution in [1.82, 2.24) is 4.90 Å². The van der Waals surface area contributed by atoms with E-state index in [0.717, 1.165) is 5.92 Å². The highest BCUT2D eigenvalue weighted by molar-refractivity contribution is 5.71. The smallest absolute Gasteiger partial charge is 0.307 e. The summed E-state index contributed by atoms with van der Waals surface area (Å²) in [5.41, 5.74) is 0.0947. The Bertz CT molecular complexity index is 312. The first-order chi connectivity index (χ1) is 9.66. The molecule has 0 amide bonds. The molecule has 1 aliphatic heterocycles. The van der Waals surface area contributed by atoms with Gasteiger partial charge in [-0.25, -0.2) is 0 Å². The summed E-state index contributed by atoms with van der Waals surface area (Å²) in [6, 6.07) is 0. The van der Waals surface area contributed by atoms with Crippen molar-refractivity contribution in [3.63, 3.8) is 0 Å². The normalized spacial score (nSPS) is 32.6. The van der Waals surface area contributed by atoms with E-state index in [9.17, 15) is 4.79 Å². The molecular weight excluding hydrogens is 250 g/mol. The Morgan fingerprint density at radius 2 is 1.90 bits per heavy atom. The summed E-state index contributed by atoms with van der Waals surface area (Å²) in [6.45, 7) is 7.12. The Hall–Kier alpha value is -0.570. The summed E-state index contributed by atoms with van der Waals surface area (Å²) in [5, 5.41) is 0. The zero-order valence-electron chi connectivity index (χ0n) is 13.3. The largest absolute Gasteiger partial charge is 0.466 e. The summed E-state index contributed by atoms with van der Waals surface area (Å²) in [6.07, 6.45) is 10.7. The molecule has 0 radical (unpaired) electrons. The third-order valence-electron chi connectivity index (χ3n) is 5.25. The highest BCUT2D eigenvalue weighted by Crippen LogP contribution is 2.39. The van der Waals surface area contributed by atoms with Gasteiger partial charge in [-0.15, -0.1) is 0 Å². The highest BCUT2D eigenvalue weighted by atomic mass is 16.5. The molecule has 1 saturated carbocycles. The van der Waals surface area contributed by atoms with Crippen molar-refractivity contribution in [2.75, 3.05) is 19.7 Å². The first-order valence-electron chi connectivity index (χ1n) is 8.57. The lowest BCUT2D eigenvalue weighted by molar-refractivity contribution is -0.147. The molecule has 2 aliphatic rings. The van der Waals surface area contributed by atoms with Gasteiger partial charge in [0.25, 0.3) is 0 Å². The van der Waals surface area contributed by atoms with Gasteiger partial charge in [-0.3, -0.25) is 9.69 Å². The molecule has 2 unspecified atom stereocenters. The van der Waals surface area contributed by atoms with Crippen LogP contribution in [0.5, 0.6) is 0 Å². The molecule has 0 aromatic heterocycles. The van der Waals surface area contributed by atoms with Crippen molar-refractivity contribution in [2.24, 2.45) is 5.92 Å². The van der Waals surface area contributed by atoms with E-state index in [0.29, 0.717) is 13.0 Å². The van der Waals surface area contributed by atoms with Gasteiger partial charge in [0.1, 0.15) is 0 Å². The molecule has 2 rings (SSSR count). The van der Waals surface area contributed by atoms with Crippen molar-refractivity contribution < 1.29 is 9.53 Å². The topological polar surface area (TPSA) is 29.5 Å². The van der Waals surface area contributed by atoms with Crippen molar-refractivity contribution >= 4 is 5.97 Å². The number of nitrogens with zero attached hydrogens (tertiary/aromatic N) is 1. The SMILES string of the molecule is CCOC(=O)CC1(N2CCCCC2)CCCC(C)CC1. The minimum atomic E-state index is 0.00706. The second-order valence-corrected chi connectivity index (χ2v) is 6.79. The molecule has 0 spiro atoms. The zero-order chi connectivity index (χ0) is 14.4. The van der Waals surface area contributed by atoms with Crippen LogP contribution in [0.1, 0.15) is 71.6 Å². The van der Waals surface area contributed by atoms with Gasteiger partial charge in [0, 0.05) is 5.54 Å². The lowest BCUT2D eigenvalue weighted by atomic mass is 9.83. The molecule has 1 saturated heterocycles. The maximum Gasteiger partial charge on any atom is 0.307 e. The maximum absolute atomic E-state index is 12.1. The van der Waals surface area contributed by atoms with Crippen LogP contribution < -0.4 is 0 Å². The van der Waals surface area contributed by atoms with Crippen molar-refractivity contribution in [3.8, 4) is 0 Å². The lowest BCUT2D eigenvalue weighted by Crippen LogP contribution is -2.52. The molecule has 0 bridgehead atoms. The predicted molar refractivity (Wildman–Crippen MR) is 81.7 cm³/mol. The van der Waals surface area contributed by atoms with Crippen LogP contribution >= 0.6 is 0 Å². The Morgan fingerprint density at radius 3 is 2.60 bits per heavy atom. The van der Waals surface area contributed by atoms with Crippen LogP contribution in [0.25, 0.3) is 0 Å². The van der Waals surface area contributed by atoms with E-state index in [1.807, 2.05) is 6.92 Å². The molecule has 1 aliphatic carbocycles. The Balaban J connectivity index is 2.10. The molecule has 3 heteroatoms. The Morgan fingerprint density at radius 1 is 1.15 bits per heavy atom. The molecule has 3 nitrogen and oxygen atoms in total. The number of likely N-dealkylation sites (tertiary alicyclic amines) is 1. The Kier molecular flexibility index (Phi) is 5.88. The minimum Gasteiger partial charge on any atom is -0.466 e. The summed E-state index contributed by atoms with van der Waals surface area (Å²) in [4.78, 5) is 14.7. The average molecular weight is 281 g/mol. The van der Waals surface area contributed by atoms with Gasteiger partial charge < -0.3 is 4.74 Å². The van der Waals surface area contributed by atoms with Crippen LogP contribution in [-0.2, 0) is 9.53 Å². The van der Waals surface area contributed by atoms with Gasteiger partial charge in [0.05, 0.1) is 13.0 Å². The van der Waals surface area contributed by atoms with Crippen LogP contribution in [0, 0.1) is 5.92 Å². The lowest BCUT2D eigenvalue weighted by Gasteiger charge is -2.45. The number of esters is 1. The molecule has 20 heavy (non-hydrogen) atoms. The number of carbonyl (C=O) groups excluding carboxylic acids is 1. The van der Waals surface area contributed by atoms with Gasteiger partial charge >= 0.3 is 5.97 Å². The first kappa shape index (κ1) is 15.8. The first-order valence-corrected chi connectivity index (χ1v) is 8.57. The number of piperidine rings is 1. The third-order valence-corrected chi connectivity index (χ3v) is 5.25. The number of hydrogen-bond donors (Lipinski definition) is 0. The van der Waals surface area contributed by atoms with Crippen LogP contribution in [0.3, 0.4) is 0 Å². The standard InChI is InChI=1S/C17H31NO2/c1-3-20-16(19)14-17(18-12-5-4-6-13-18)10-7-8-15(2)9-11-17/h15H,3-14H2,1-2H3. The minimum absolute atomic E-state index is 0.00706.